The number of H-pyrrole nitrogens is 1. The van der Waals surface area contributed by atoms with Gasteiger partial charge in [-0.05, 0) is 43.2 Å². The fourth-order valence-corrected chi connectivity index (χ4v) is 3.45. The van der Waals surface area contributed by atoms with Gasteiger partial charge in [-0.3, -0.25) is 19.4 Å². The smallest absolute Gasteiger partial charge is 0.354 e. The number of carbonyl (C=O) groups is 2. The summed E-state index contributed by atoms with van der Waals surface area (Å²) >= 11 is 5.69. The molecule has 0 radical (unpaired) electrons. The van der Waals surface area contributed by atoms with Gasteiger partial charge in [-0.1, -0.05) is 11.6 Å². The number of pyridine rings is 1. The highest BCUT2D eigenvalue weighted by atomic mass is 35.5. The number of anilines is 2. The SMILES string of the molecule is O=C(NC1(C(=O)NCc2ccc(Nc3ccc(Cl)cc3C(F)(F)F)cn2)CC1)c1cn[nH]c(=O)c1. The number of nitrogens with one attached hydrogen (secondary N) is 4. The van der Waals surface area contributed by atoms with Crippen LogP contribution >= 0.6 is 11.6 Å². The Kier molecular flexibility index (Phi) is 6.48. The molecule has 0 atom stereocenters. The van der Waals surface area contributed by atoms with Gasteiger partial charge in [0.05, 0.1) is 47.1 Å². The monoisotopic (exact) mass is 506 g/mol. The van der Waals surface area contributed by atoms with Crippen LogP contribution in [-0.4, -0.2) is 32.5 Å². The molecule has 4 rings (SSSR count). The molecule has 2 aromatic heterocycles. The number of hydrogen-bond donors (Lipinski definition) is 4. The molecule has 1 fully saturated rings. The van der Waals surface area contributed by atoms with Crippen LogP contribution in [-0.2, 0) is 17.5 Å². The van der Waals surface area contributed by atoms with Crippen LogP contribution in [0.25, 0.3) is 0 Å². The Morgan fingerprint density at radius 2 is 1.89 bits per heavy atom. The number of nitrogens with zero attached hydrogens (tertiary/aromatic N) is 2. The third-order valence-electron chi connectivity index (χ3n) is 5.29. The summed E-state index contributed by atoms with van der Waals surface area (Å²) in [6.07, 6.45) is -1.21. The summed E-state index contributed by atoms with van der Waals surface area (Å²) in [6, 6.07) is 7.56. The molecular weight excluding hydrogens is 489 g/mol. The summed E-state index contributed by atoms with van der Waals surface area (Å²) in [6.45, 7) is 0.0397. The molecule has 9 nitrogen and oxygen atoms in total. The zero-order chi connectivity index (χ0) is 25.2. The third kappa shape index (κ3) is 5.77. The standard InChI is InChI=1S/C22H18ClF3N6O3/c23-13-1-4-17(16(8-13)22(24,25)26)30-15-3-2-14(27-11-15)10-28-20(35)21(5-6-21)31-19(34)12-7-18(33)32-29-9-12/h1-4,7-9,11,30H,5-6,10H2,(H,28,35)(H,31,34)(H,32,33). The molecule has 4 N–H and O–H groups in total. The Labute approximate surface area is 201 Å². The first kappa shape index (κ1) is 24.2. The van der Waals surface area contributed by atoms with Crippen molar-refractivity contribution in [1.82, 2.24) is 25.8 Å². The molecule has 0 unspecified atom stereocenters. The number of amides is 2. The Balaban J connectivity index is 1.35. The number of benzene rings is 1. The number of aromatic amines is 1. The predicted molar refractivity (Wildman–Crippen MR) is 120 cm³/mol. The van der Waals surface area contributed by atoms with E-state index < -0.39 is 34.7 Å². The second-order valence-corrected chi connectivity index (χ2v) is 8.34. The lowest BCUT2D eigenvalue weighted by atomic mass is 10.1. The van der Waals surface area contributed by atoms with Gasteiger partial charge < -0.3 is 16.0 Å². The Hall–Kier alpha value is -3.93. The van der Waals surface area contributed by atoms with Crippen molar-refractivity contribution in [2.45, 2.75) is 31.1 Å². The van der Waals surface area contributed by atoms with Crippen molar-refractivity contribution in [3.05, 3.63) is 81.0 Å². The Bertz CT molecular complexity index is 1320. The summed E-state index contributed by atoms with van der Waals surface area (Å²) < 4.78 is 39.8. The van der Waals surface area contributed by atoms with Crippen molar-refractivity contribution < 1.29 is 22.8 Å². The average molecular weight is 507 g/mol. The minimum atomic E-state index is -4.59. The van der Waals surface area contributed by atoms with E-state index in [-0.39, 0.29) is 22.8 Å². The Morgan fingerprint density at radius 1 is 1.11 bits per heavy atom. The second-order valence-electron chi connectivity index (χ2n) is 7.90. The topological polar surface area (TPSA) is 129 Å². The van der Waals surface area contributed by atoms with Crippen molar-refractivity contribution in [1.29, 1.82) is 0 Å². The van der Waals surface area contributed by atoms with Gasteiger partial charge in [-0.25, -0.2) is 5.10 Å². The van der Waals surface area contributed by atoms with E-state index in [1.165, 1.54) is 30.6 Å². The highest BCUT2D eigenvalue weighted by Crippen LogP contribution is 2.38. The van der Waals surface area contributed by atoms with Crippen LogP contribution in [0.15, 0.2) is 53.6 Å². The van der Waals surface area contributed by atoms with Crippen LogP contribution in [0.1, 0.15) is 34.5 Å². The van der Waals surface area contributed by atoms with Crippen LogP contribution in [0.4, 0.5) is 24.5 Å². The van der Waals surface area contributed by atoms with Crippen molar-refractivity contribution in [3.8, 4) is 0 Å². The maximum Gasteiger partial charge on any atom is 0.418 e. The summed E-state index contributed by atoms with van der Waals surface area (Å²) in [4.78, 5) is 40.5. The van der Waals surface area contributed by atoms with Gasteiger partial charge >= 0.3 is 6.18 Å². The van der Waals surface area contributed by atoms with Crippen LogP contribution in [0, 0.1) is 0 Å². The molecular formula is C22H18ClF3N6O3. The van der Waals surface area contributed by atoms with Gasteiger partial charge in [-0.15, -0.1) is 0 Å². The fourth-order valence-electron chi connectivity index (χ4n) is 3.28. The largest absolute Gasteiger partial charge is 0.418 e. The first-order valence-electron chi connectivity index (χ1n) is 10.3. The number of halogens is 4. The zero-order valence-electron chi connectivity index (χ0n) is 17.9. The fraction of sp³-hybridized carbons (Fsp3) is 0.227. The zero-order valence-corrected chi connectivity index (χ0v) is 18.6. The van der Waals surface area contributed by atoms with Gasteiger partial charge in [0.15, 0.2) is 0 Å². The van der Waals surface area contributed by atoms with Crippen LogP contribution in [0.5, 0.6) is 0 Å². The lowest BCUT2D eigenvalue weighted by Crippen LogP contribution is -2.49. The normalized spacial score (nSPS) is 14.2. The lowest BCUT2D eigenvalue weighted by molar-refractivity contribution is -0.137. The van der Waals surface area contributed by atoms with Crippen LogP contribution in [0.3, 0.4) is 0 Å². The third-order valence-corrected chi connectivity index (χ3v) is 5.52. The minimum absolute atomic E-state index is 0.0342. The van der Waals surface area contributed by atoms with E-state index in [1.54, 1.807) is 6.07 Å². The molecule has 2 amide bonds. The van der Waals surface area contributed by atoms with Gasteiger partial charge in [0.1, 0.15) is 5.54 Å². The number of carbonyl (C=O) groups excluding carboxylic acids is 2. The Morgan fingerprint density at radius 3 is 2.51 bits per heavy atom. The first-order valence-corrected chi connectivity index (χ1v) is 10.7. The molecule has 35 heavy (non-hydrogen) atoms. The van der Waals surface area contributed by atoms with Gasteiger partial charge in [0.25, 0.3) is 11.5 Å². The molecule has 2 heterocycles. The summed E-state index contributed by atoms with van der Waals surface area (Å²) in [5.74, 6) is -1.01. The molecule has 1 aromatic carbocycles. The lowest BCUT2D eigenvalue weighted by Gasteiger charge is -2.17. The second kappa shape index (κ2) is 9.37. The van der Waals surface area contributed by atoms with Crippen molar-refractivity contribution in [3.63, 3.8) is 0 Å². The van der Waals surface area contributed by atoms with Crippen molar-refractivity contribution >= 4 is 34.8 Å². The van der Waals surface area contributed by atoms with E-state index in [1.807, 2.05) is 0 Å². The summed E-state index contributed by atoms with van der Waals surface area (Å²) in [5.41, 5.74) is -1.90. The molecule has 0 saturated heterocycles. The molecule has 182 valence electrons. The van der Waals surface area contributed by atoms with E-state index >= 15 is 0 Å². The van der Waals surface area contributed by atoms with Crippen LogP contribution < -0.4 is 21.5 Å². The molecule has 1 saturated carbocycles. The highest BCUT2D eigenvalue weighted by molar-refractivity contribution is 6.30. The number of alkyl halides is 3. The van der Waals surface area contributed by atoms with E-state index in [9.17, 15) is 27.6 Å². The molecule has 0 spiro atoms. The average Bonchev–Trinajstić information content (AvgIpc) is 3.59. The maximum absolute atomic E-state index is 13.3. The van der Waals surface area contributed by atoms with E-state index in [2.05, 4.69) is 31.1 Å². The number of hydrogen-bond acceptors (Lipinski definition) is 6. The molecule has 3 aromatic rings. The van der Waals surface area contributed by atoms with E-state index in [0.29, 0.717) is 24.2 Å². The highest BCUT2D eigenvalue weighted by Gasteiger charge is 2.51. The van der Waals surface area contributed by atoms with Gasteiger partial charge in [0, 0.05) is 11.1 Å². The van der Waals surface area contributed by atoms with E-state index in [0.717, 1.165) is 12.1 Å². The van der Waals surface area contributed by atoms with Crippen molar-refractivity contribution in [2.24, 2.45) is 0 Å². The minimum Gasteiger partial charge on any atom is -0.354 e. The predicted octanol–water partition coefficient (Wildman–Crippen LogP) is 3.16. The van der Waals surface area contributed by atoms with Crippen LogP contribution in [0.2, 0.25) is 5.02 Å². The molecule has 1 aliphatic carbocycles. The van der Waals surface area contributed by atoms with Gasteiger partial charge in [0.2, 0.25) is 5.91 Å². The molecule has 0 bridgehead atoms. The maximum atomic E-state index is 13.3. The molecule has 1 aliphatic rings. The summed E-state index contributed by atoms with van der Waals surface area (Å²) in [5, 5.41) is 13.7. The quantitative estimate of drug-likeness (QED) is 0.389. The molecule has 13 heteroatoms. The number of aromatic nitrogens is 3. The van der Waals surface area contributed by atoms with Gasteiger partial charge in [-0.2, -0.15) is 18.3 Å². The first-order chi connectivity index (χ1) is 16.6. The van der Waals surface area contributed by atoms with E-state index in [4.69, 9.17) is 11.6 Å². The molecule has 0 aliphatic heterocycles. The van der Waals surface area contributed by atoms with Crippen molar-refractivity contribution in [2.75, 3.05) is 5.32 Å². The summed E-state index contributed by atoms with van der Waals surface area (Å²) in [7, 11) is 0. The number of rotatable bonds is 7.